The lowest BCUT2D eigenvalue weighted by Gasteiger charge is -2.10. The van der Waals surface area contributed by atoms with E-state index in [2.05, 4.69) is 10.2 Å². The monoisotopic (exact) mass is 451 g/mol. The maximum Gasteiger partial charge on any atom is 0.282 e. The van der Waals surface area contributed by atoms with Crippen molar-refractivity contribution in [2.24, 2.45) is 5.10 Å². The number of rotatable bonds is 5. The van der Waals surface area contributed by atoms with Crippen molar-refractivity contribution < 1.29 is 4.74 Å². The zero-order valence-corrected chi connectivity index (χ0v) is 18.6. The predicted molar refractivity (Wildman–Crippen MR) is 132 cm³/mol. The van der Waals surface area contributed by atoms with Gasteiger partial charge in [0.05, 0.1) is 35.5 Å². The lowest BCUT2D eigenvalue weighted by atomic mass is 10.2. The molecule has 0 radical (unpaired) electrons. The predicted octanol–water partition coefficient (Wildman–Crippen LogP) is 3.74. The molecule has 0 bridgehead atoms. The number of H-pyrrole nitrogens is 1. The molecule has 0 aliphatic carbocycles. The zero-order chi connectivity index (χ0) is 23.7. The molecule has 168 valence electrons. The Bertz CT molecular complexity index is 1650. The molecule has 0 spiro atoms. The molecule has 2 heterocycles. The molecule has 0 aliphatic heterocycles. The van der Waals surface area contributed by atoms with E-state index in [4.69, 9.17) is 9.72 Å². The second kappa shape index (κ2) is 8.67. The summed E-state index contributed by atoms with van der Waals surface area (Å²) in [6, 6.07) is 23.6. The first-order valence-electron chi connectivity index (χ1n) is 10.6. The van der Waals surface area contributed by atoms with Crippen molar-refractivity contribution in [1.29, 1.82) is 0 Å². The number of aromatic nitrogens is 4. The van der Waals surface area contributed by atoms with Gasteiger partial charge in [-0.2, -0.15) is 9.78 Å². The Morgan fingerprint density at radius 1 is 0.941 bits per heavy atom. The maximum absolute atomic E-state index is 13.4. The van der Waals surface area contributed by atoms with E-state index in [-0.39, 0.29) is 11.1 Å². The van der Waals surface area contributed by atoms with Crippen LogP contribution in [-0.2, 0) is 0 Å². The molecule has 0 fully saturated rings. The lowest BCUT2D eigenvalue weighted by Crippen LogP contribution is -2.21. The van der Waals surface area contributed by atoms with Crippen molar-refractivity contribution in [1.82, 2.24) is 19.4 Å². The number of fused-ring (bicyclic) bond motifs is 1. The molecule has 8 heteroatoms. The number of benzene rings is 3. The van der Waals surface area contributed by atoms with E-state index >= 15 is 0 Å². The minimum Gasteiger partial charge on any atom is -0.497 e. The Hall–Kier alpha value is -4.72. The van der Waals surface area contributed by atoms with E-state index in [9.17, 15) is 9.59 Å². The van der Waals surface area contributed by atoms with E-state index < -0.39 is 0 Å². The minimum absolute atomic E-state index is 0.267. The number of methoxy groups -OCH3 is 1. The van der Waals surface area contributed by atoms with Gasteiger partial charge in [-0.1, -0.05) is 42.5 Å². The highest BCUT2D eigenvalue weighted by Crippen LogP contribution is 2.23. The average Bonchev–Trinajstić information content (AvgIpc) is 3.17. The fourth-order valence-corrected chi connectivity index (χ4v) is 3.77. The Kier molecular flexibility index (Phi) is 5.39. The maximum atomic E-state index is 13.4. The van der Waals surface area contributed by atoms with Crippen LogP contribution in [0.15, 0.2) is 93.6 Å². The largest absolute Gasteiger partial charge is 0.497 e. The number of aromatic amines is 1. The molecular weight excluding hydrogens is 430 g/mol. The van der Waals surface area contributed by atoms with Gasteiger partial charge < -0.3 is 4.74 Å². The summed E-state index contributed by atoms with van der Waals surface area (Å²) >= 11 is 0. The number of para-hydroxylation sites is 2. The SMILES string of the molecule is COc1cccc(-c2nc3ccccc3c(=O)n2/N=C/c2c(C)[nH]n(-c3ccccc3)c2=O)c1. The van der Waals surface area contributed by atoms with Gasteiger partial charge in [0.1, 0.15) is 5.75 Å². The highest BCUT2D eigenvalue weighted by molar-refractivity contribution is 5.82. The van der Waals surface area contributed by atoms with Crippen LogP contribution in [0.4, 0.5) is 0 Å². The fraction of sp³-hybridized carbons (Fsp3) is 0.0769. The first-order valence-corrected chi connectivity index (χ1v) is 10.6. The van der Waals surface area contributed by atoms with Gasteiger partial charge in [0, 0.05) is 11.3 Å². The van der Waals surface area contributed by atoms with Crippen LogP contribution < -0.4 is 15.9 Å². The third-order valence-electron chi connectivity index (χ3n) is 5.52. The van der Waals surface area contributed by atoms with Gasteiger partial charge in [0.25, 0.3) is 11.1 Å². The van der Waals surface area contributed by atoms with Crippen LogP contribution in [0.5, 0.6) is 5.75 Å². The van der Waals surface area contributed by atoms with E-state index in [1.165, 1.54) is 15.6 Å². The van der Waals surface area contributed by atoms with Crippen LogP contribution in [0, 0.1) is 6.92 Å². The molecule has 0 saturated carbocycles. The van der Waals surface area contributed by atoms with Gasteiger partial charge in [-0.3, -0.25) is 14.7 Å². The molecule has 34 heavy (non-hydrogen) atoms. The van der Waals surface area contributed by atoms with Crippen molar-refractivity contribution >= 4 is 17.1 Å². The van der Waals surface area contributed by atoms with Gasteiger partial charge in [-0.05, 0) is 43.3 Å². The molecule has 2 aromatic heterocycles. The van der Waals surface area contributed by atoms with Crippen molar-refractivity contribution in [3.05, 3.63) is 111 Å². The van der Waals surface area contributed by atoms with Crippen molar-refractivity contribution in [3.63, 3.8) is 0 Å². The van der Waals surface area contributed by atoms with Gasteiger partial charge in [-0.15, -0.1) is 0 Å². The summed E-state index contributed by atoms with van der Waals surface area (Å²) < 4.78 is 8.00. The smallest absolute Gasteiger partial charge is 0.282 e. The zero-order valence-electron chi connectivity index (χ0n) is 18.6. The highest BCUT2D eigenvalue weighted by atomic mass is 16.5. The Labute approximate surface area is 194 Å². The second-order valence-corrected chi connectivity index (χ2v) is 7.67. The van der Waals surface area contributed by atoms with Crippen LogP contribution in [-0.4, -0.2) is 32.8 Å². The lowest BCUT2D eigenvalue weighted by molar-refractivity contribution is 0.415. The number of nitrogens with one attached hydrogen (secondary N) is 1. The minimum atomic E-state index is -0.337. The van der Waals surface area contributed by atoms with E-state index in [0.29, 0.717) is 45.0 Å². The van der Waals surface area contributed by atoms with E-state index in [1.54, 1.807) is 38.3 Å². The quantitative estimate of drug-likeness (QED) is 0.412. The molecule has 0 amide bonds. The standard InChI is InChI=1S/C26H21N5O3/c1-17-22(26(33)30(29-17)19-10-4-3-5-11-19)16-27-31-24(18-9-8-12-20(15-18)34-2)28-23-14-7-6-13-21(23)25(31)32/h3-16,29H,1-2H3/b27-16+. The number of hydrogen-bond acceptors (Lipinski definition) is 5. The number of ether oxygens (including phenoxy) is 1. The topological polar surface area (TPSA) is 94.3 Å². The molecule has 5 aromatic rings. The van der Waals surface area contributed by atoms with Crippen molar-refractivity contribution in [2.45, 2.75) is 6.92 Å². The Morgan fingerprint density at radius 2 is 1.71 bits per heavy atom. The first-order chi connectivity index (χ1) is 16.6. The van der Waals surface area contributed by atoms with Crippen LogP contribution in [0.3, 0.4) is 0 Å². The van der Waals surface area contributed by atoms with Crippen LogP contribution in [0.1, 0.15) is 11.3 Å². The summed E-state index contributed by atoms with van der Waals surface area (Å²) in [4.78, 5) is 31.1. The summed E-state index contributed by atoms with van der Waals surface area (Å²) in [5.41, 5.74) is 2.29. The normalized spacial score (nSPS) is 11.4. The third-order valence-corrected chi connectivity index (χ3v) is 5.52. The van der Waals surface area contributed by atoms with Crippen molar-refractivity contribution in [3.8, 4) is 22.8 Å². The van der Waals surface area contributed by atoms with Gasteiger partial charge >= 0.3 is 0 Å². The van der Waals surface area contributed by atoms with E-state index in [1.807, 2.05) is 54.6 Å². The van der Waals surface area contributed by atoms with Gasteiger partial charge in [0.15, 0.2) is 5.82 Å². The third kappa shape index (κ3) is 3.71. The number of nitrogens with zero attached hydrogens (tertiary/aromatic N) is 4. The molecule has 0 aliphatic rings. The summed E-state index contributed by atoms with van der Waals surface area (Å²) in [5, 5.41) is 7.92. The average molecular weight is 451 g/mol. The number of aryl methyl sites for hydroxylation is 1. The van der Waals surface area contributed by atoms with Crippen molar-refractivity contribution in [2.75, 3.05) is 7.11 Å². The highest BCUT2D eigenvalue weighted by Gasteiger charge is 2.15. The molecule has 0 atom stereocenters. The van der Waals surface area contributed by atoms with Crippen LogP contribution in [0.2, 0.25) is 0 Å². The second-order valence-electron chi connectivity index (χ2n) is 7.67. The molecule has 8 nitrogen and oxygen atoms in total. The van der Waals surface area contributed by atoms with Gasteiger partial charge in [-0.25, -0.2) is 9.67 Å². The Balaban J connectivity index is 1.69. The number of hydrogen-bond donors (Lipinski definition) is 1. The fourth-order valence-electron chi connectivity index (χ4n) is 3.77. The van der Waals surface area contributed by atoms with Crippen LogP contribution in [0.25, 0.3) is 28.0 Å². The summed E-state index contributed by atoms with van der Waals surface area (Å²) in [6.07, 6.45) is 1.40. The van der Waals surface area contributed by atoms with E-state index in [0.717, 1.165) is 0 Å². The van der Waals surface area contributed by atoms with Crippen LogP contribution >= 0.6 is 0 Å². The molecule has 3 aromatic carbocycles. The summed E-state index contributed by atoms with van der Waals surface area (Å²) in [7, 11) is 1.57. The van der Waals surface area contributed by atoms with Gasteiger partial charge in [0.2, 0.25) is 0 Å². The molecule has 5 rings (SSSR count). The molecule has 1 N–H and O–H groups in total. The Morgan fingerprint density at radius 3 is 2.50 bits per heavy atom. The molecule has 0 saturated heterocycles. The molecule has 0 unspecified atom stereocenters. The molecular formula is C26H21N5O3. The first kappa shape index (κ1) is 21.1. The summed E-state index contributed by atoms with van der Waals surface area (Å²) in [6.45, 7) is 1.78. The summed E-state index contributed by atoms with van der Waals surface area (Å²) in [5.74, 6) is 0.970.